The lowest BCUT2D eigenvalue weighted by molar-refractivity contribution is 0.0950. The van der Waals surface area contributed by atoms with E-state index in [0.717, 1.165) is 36.5 Å². The molecule has 8 heteroatoms. The van der Waals surface area contributed by atoms with Crippen LogP contribution in [-0.4, -0.2) is 60.3 Å². The number of likely N-dealkylation sites (tertiary alicyclic amines) is 1. The van der Waals surface area contributed by atoms with Crippen molar-refractivity contribution in [1.82, 2.24) is 19.8 Å². The normalized spacial score (nSPS) is 15.7. The van der Waals surface area contributed by atoms with E-state index in [1.165, 1.54) is 20.0 Å². The first-order chi connectivity index (χ1) is 14.0. The van der Waals surface area contributed by atoms with Gasteiger partial charge in [-0.15, -0.1) is 0 Å². The van der Waals surface area contributed by atoms with Crippen LogP contribution in [0.1, 0.15) is 36.5 Å². The van der Waals surface area contributed by atoms with Crippen molar-refractivity contribution in [1.29, 1.82) is 0 Å². The fourth-order valence-corrected chi connectivity index (χ4v) is 3.67. The molecule has 2 heterocycles. The number of aromatic amines is 1. The molecular weight excluding hydrogens is 372 g/mol. The fourth-order valence-electron chi connectivity index (χ4n) is 3.67. The van der Waals surface area contributed by atoms with Gasteiger partial charge in [-0.1, -0.05) is 6.92 Å². The second kappa shape index (κ2) is 9.84. The summed E-state index contributed by atoms with van der Waals surface area (Å²) in [7, 11) is 1.51. The number of fused-ring (bicyclic) bond motifs is 1. The molecule has 0 saturated carbocycles. The molecule has 3 rings (SSSR count). The summed E-state index contributed by atoms with van der Waals surface area (Å²) in [5.74, 6) is 0.609. The number of amides is 1. The Labute approximate surface area is 169 Å². The van der Waals surface area contributed by atoms with E-state index < -0.39 is 5.69 Å². The number of carbonyl (C=O) groups excluding carboxylic acids is 1. The van der Waals surface area contributed by atoms with E-state index in [-0.39, 0.29) is 24.6 Å². The number of benzene rings is 1. The van der Waals surface area contributed by atoms with Gasteiger partial charge in [-0.25, -0.2) is 4.79 Å². The van der Waals surface area contributed by atoms with E-state index in [1.54, 1.807) is 18.2 Å². The number of ether oxygens (including phenoxy) is 1. The Bertz CT molecular complexity index is 957. The van der Waals surface area contributed by atoms with Gasteiger partial charge < -0.3 is 19.9 Å². The van der Waals surface area contributed by atoms with Crippen LogP contribution in [0.15, 0.2) is 27.8 Å². The lowest BCUT2D eigenvalue weighted by Crippen LogP contribution is -2.36. The maximum atomic E-state index is 12.5. The molecule has 1 aliphatic rings. The molecule has 0 bridgehead atoms. The summed E-state index contributed by atoms with van der Waals surface area (Å²) < 4.78 is 6.04. The molecule has 1 aromatic heterocycles. The van der Waals surface area contributed by atoms with Crippen molar-refractivity contribution in [2.24, 2.45) is 5.92 Å². The molecule has 1 amide bonds. The Hall–Kier alpha value is -2.45. The molecule has 1 fully saturated rings. The zero-order valence-corrected chi connectivity index (χ0v) is 17.2. The molecule has 1 aliphatic heterocycles. The zero-order chi connectivity index (χ0) is 20.8. The highest BCUT2D eigenvalue weighted by Gasteiger charge is 2.15. The van der Waals surface area contributed by atoms with Gasteiger partial charge in [0.25, 0.3) is 11.5 Å². The van der Waals surface area contributed by atoms with E-state index in [4.69, 9.17) is 4.74 Å². The van der Waals surface area contributed by atoms with Crippen LogP contribution in [0.2, 0.25) is 0 Å². The van der Waals surface area contributed by atoms with Gasteiger partial charge in [-0.3, -0.25) is 14.2 Å². The average Bonchev–Trinajstić information content (AvgIpc) is 2.72. The van der Waals surface area contributed by atoms with Crippen molar-refractivity contribution in [3.63, 3.8) is 0 Å². The van der Waals surface area contributed by atoms with Crippen molar-refractivity contribution < 1.29 is 9.53 Å². The highest BCUT2D eigenvalue weighted by atomic mass is 16.5. The van der Waals surface area contributed by atoms with Crippen LogP contribution in [0.3, 0.4) is 0 Å². The summed E-state index contributed by atoms with van der Waals surface area (Å²) in [5, 5.41) is 3.29. The quantitative estimate of drug-likeness (QED) is 0.647. The Balaban J connectivity index is 1.60. The van der Waals surface area contributed by atoms with Gasteiger partial charge in [0.15, 0.2) is 0 Å². The molecule has 0 unspecified atom stereocenters. The van der Waals surface area contributed by atoms with Crippen molar-refractivity contribution in [3.05, 3.63) is 44.6 Å². The van der Waals surface area contributed by atoms with Crippen LogP contribution >= 0.6 is 0 Å². The lowest BCUT2D eigenvalue weighted by Gasteiger charge is -2.30. The highest BCUT2D eigenvalue weighted by Crippen LogP contribution is 2.15. The number of hydrogen-bond donors (Lipinski definition) is 2. The standard InChI is InChI=1S/C21H30N4O4/c1-15-6-10-24(11-7-15)9-3-8-22-19(26)16-4-5-17-18(14-16)23-21(28)25(20(17)27)12-13-29-2/h4-5,14-15H,3,6-13H2,1-2H3,(H,22,26)(H,23,28). The van der Waals surface area contributed by atoms with Gasteiger partial charge in [-0.05, 0) is 63.0 Å². The maximum absolute atomic E-state index is 12.5. The number of hydrogen-bond acceptors (Lipinski definition) is 5. The predicted octanol–water partition coefficient (Wildman–Crippen LogP) is 1.19. The van der Waals surface area contributed by atoms with Crippen molar-refractivity contribution >= 4 is 16.8 Å². The van der Waals surface area contributed by atoms with E-state index in [2.05, 4.69) is 22.1 Å². The monoisotopic (exact) mass is 402 g/mol. The van der Waals surface area contributed by atoms with E-state index in [0.29, 0.717) is 23.0 Å². The molecule has 2 N–H and O–H groups in total. The van der Waals surface area contributed by atoms with Gasteiger partial charge in [0.05, 0.1) is 24.1 Å². The van der Waals surface area contributed by atoms with Crippen molar-refractivity contribution in [3.8, 4) is 0 Å². The van der Waals surface area contributed by atoms with Crippen LogP contribution in [0.4, 0.5) is 0 Å². The maximum Gasteiger partial charge on any atom is 0.328 e. The summed E-state index contributed by atoms with van der Waals surface area (Å²) >= 11 is 0. The van der Waals surface area contributed by atoms with Crippen LogP contribution in [0, 0.1) is 5.92 Å². The highest BCUT2D eigenvalue weighted by molar-refractivity contribution is 5.97. The summed E-state index contributed by atoms with van der Waals surface area (Å²) in [6.07, 6.45) is 3.39. The topological polar surface area (TPSA) is 96.4 Å². The van der Waals surface area contributed by atoms with Crippen LogP contribution in [-0.2, 0) is 11.3 Å². The second-order valence-electron chi connectivity index (χ2n) is 7.77. The number of rotatable bonds is 8. The summed E-state index contributed by atoms with van der Waals surface area (Å²) in [6.45, 7) is 6.59. The number of aromatic nitrogens is 2. The molecule has 0 spiro atoms. The van der Waals surface area contributed by atoms with E-state index in [1.807, 2.05) is 0 Å². The third-order valence-corrected chi connectivity index (χ3v) is 5.58. The van der Waals surface area contributed by atoms with Gasteiger partial charge in [-0.2, -0.15) is 0 Å². The number of carbonyl (C=O) groups is 1. The molecule has 2 aromatic rings. The Morgan fingerprint density at radius 1 is 1.24 bits per heavy atom. The Morgan fingerprint density at radius 3 is 2.72 bits per heavy atom. The molecule has 0 radical (unpaired) electrons. The summed E-state index contributed by atoms with van der Waals surface area (Å²) in [5.41, 5.74) is -0.102. The van der Waals surface area contributed by atoms with Crippen molar-refractivity contribution in [2.75, 3.05) is 39.9 Å². The fraction of sp³-hybridized carbons (Fsp3) is 0.571. The molecular formula is C21H30N4O4. The minimum atomic E-state index is -0.507. The smallest absolute Gasteiger partial charge is 0.328 e. The minimum Gasteiger partial charge on any atom is -0.383 e. The molecule has 158 valence electrons. The van der Waals surface area contributed by atoms with Gasteiger partial charge in [0, 0.05) is 19.2 Å². The molecule has 1 saturated heterocycles. The Morgan fingerprint density at radius 2 is 2.00 bits per heavy atom. The summed E-state index contributed by atoms with van der Waals surface area (Å²) in [6, 6.07) is 4.75. The number of piperidine rings is 1. The van der Waals surface area contributed by atoms with Gasteiger partial charge >= 0.3 is 5.69 Å². The Kier molecular flexibility index (Phi) is 7.22. The zero-order valence-electron chi connectivity index (χ0n) is 17.2. The third-order valence-electron chi connectivity index (χ3n) is 5.58. The average molecular weight is 402 g/mol. The van der Waals surface area contributed by atoms with Gasteiger partial charge in [0.1, 0.15) is 0 Å². The van der Waals surface area contributed by atoms with Gasteiger partial charge in [0.2, 0.25) is 0 Å². The lowest BCUT2D eigenvalue weighted by atomic mass is 9.99. The first-order valence-corrected chi connectivity index (χ1v) is 10.3. The molecule has 0 aliphatic carbocycles. The third kappa shape index (κ3) is 5.33. The first-order valence-electron chi connectivity index (χ1n) is 10.3. The number of nitrogens with zero attached hydrogens (tertiary/aromatic N) is 2. The van der Waals surface area contributed by atoms with Crippen LogP contribution < -0.4 is 16.6 Å². The molecule has 8 nitrogen and oxygen atoms in total. The van der Waals surface area contributed by atoms with Crippen LogP contribution in [0.25, 0.3) is 10.9 Å². The SMILES string of the molecule is COCCn1c(=O)[nH]c2cc(C(=O)NCCCN3CCC(C)CC3)ccc2c1=O. The largest absolute Gasteiger partial charge is 0.383 e. The van der Waals surface area contributed by atoms with E-state index >= 15 is 0 Å². The van der Waals surface area contributed by atoms with Crippen molar-refractivity contribution in [2.45, 2.75) is 32.7 Å². The molecule has 0 atom stereocenters. The molecule has 29 heavy (non-hydrogen) atoms. The first kappa shape index (κ1) is 21.3. The number of H-pyrrole nitrogens is 1. The predicted molar refractivity (Wildman–Crippen MR) is 112 cm³/mol. The number of nitrogens with one attached hydrogen (secondary N) is 2. The van der Waals surface area contributed by atoms with Crippen LogP contribution in [0.5, 0.6) is 0 Å². The summed E-state index contributed by atoms with van der Waals surface area (Å²) in [4.78, 5) is 42.2. The second-order valence-corrected chi connectivity index (χ2v) is 7.77. The van der Waals surface area contributed by atoms with E-state index in [9.17, 15) is 14.4 Å². The molecule has 1 aromatic carbocycles. The minimum absolute atomic E-state index is 0.179. The number of methoxy groups -OCH3 is 1.